The van der Waals surface area contributed by atoms with Gasteiger partial charge in [0.2, 0.25) is 0 Å². The maximum absolute atomic E-state index is 14.1. The van der Waals surface area contributed by atoms with Gasteiger partial charge < -0.3 is 9.47 Å². The topological polar surface area (TPSA) is 87.7 Å². The highest BCUT2D eigenvalue weighted by atomic mass is 32.1. The van der Waals surface area contributed by atoms with Crippen LogP contribution in [-0.2, 0) is 9.53 Å². The summed E-state index contributed by atoms with van der Waals surface area (Å²) in [5.74, 6) is -0.229. The van der Waals surface area contributed by atoms with E-state index in [9.17, 15) is 14.0 Å². The van der Waals surface area contributed by atoms with Crippen molar-refractivity contribution >= 4 is 23.4 Å². The number of ether oxygens (including phenoxy) is 2. The van der Waals surface area contributed by atoms with E-state index in [0.717, 1.165) is 11.3 Å². The van der Waals surface area contributed by atoms with E-state index in [1.54, 1.807) is 56.0 Å². The lowest BCUT2D eigenvalue weighted by atomic mass is 9.96. The molecule has 1 aliphatic heterocycles. The molecule has 1 aliphatic rings. The second-order valence-electron chi connectivity index (χ2n) is 9.80. The van der Waals surface area contributed by atoms with Gasteiger partial charge in [0, 0.05) is 17.3 Å². The number of thiazole rings is 1. The van der Waals surface area contributed by atoms with Crippen molar-refractivity contribution in [2.75, 3.05) is 13.7 Å². The van der Waals surface area contributed by atoms with Crippen molar-refractivity contribution in [3.8, 4) is 22.7 Å². The van der Waals surface area contributed by atoms with Gasteiger partial charge >= 0.3 is 5.97 Å². The molecule has 2 aromatic heterocycles. The second-order valence-corrected chi connectivity index (χ2v) is 10.8. The molecule has 1 atom stereocenters. The molecule has 0 saturated heterocycles. The predicted octanol–water partition coefficient (Wildman–Crippen LogP) is 4.80. The van der Waals surface area contributed by atoms with E-state index in [1.165, 1.54) is 28.0 Å². The normalized spacial score (nSPS) is 14.8. The van der Waals surface area contributed by atoms with Crippen molar-refractivity contribution in [3.63, 3.8) is 0 Å². The van der Waals surface area contributed by atoms with Gasteiger partial charge in [-0.2, -0.15) is 5.10 Å². The molecule has 0 N–H and O–H groups in total. The van der Waals surface area contributed by atoms with Crippen molar-refractivity contribution in [2.24, 2.45) is 4.99 Å². The number of hydrogen-bond acceptors (Lipinski definition) is 7. The van der Waals surface area contributed by atoms with Crippen LogP contribution in [0.3, 0.4) is 0 Å². The highest BCUT2D eigenvalue weighted by Crippen LogP contribution is 2.32. The number of para-hydroxylation sites is 1. The Morgan fingerprint density at radius 3 is 2.44 bits per heavy atom. The number of aromatic nitrogens is 3. The lowest BCUT2D eigenvalue weighted by Crippen LogP contribution is -2.39. The number of rotatable bonds is 7. The molecule has 8 nitrogen and oxygen atoms in total. The van der Waals surface area contributed by atoms with E-state index in [-0.39, 0.29) is 18.0 Å². The Morgan fingerprint density at radius 2 is 1.77 bits per heavy atom. The fourth-order valence-corrected chi connectivity index (χ4v) is 6.11. The minimum atomic E-state index is -0.744. The Bertz CT molecular complexity index is 2030. The van der Waals surface area contributed by atoms with Gasteiger partial charge in [0.1, 0.15) is 17.3 Å². The van der Waals surface area contributed by atoms with Gasteiger partial charge in [0.25, 0.3) is 5.56 Å². The molecule has 0 spiro atoms. The summed E-state index contributed by atoms with van der Waals surface area (Å²) in [6.07, 6.45) is 3.60. The minimum absolute atomic E-state index is 0.187. The molecular weight excluding hydrogens is 567 g/mol. The Morgan fingerprint density at radius 1 is 1.05 bits per heavy atom. The molecule has 0 fully saturated rings. The molecule has 6 rings (SSSR count). The van der Waals surface area contributed by atoms with E-state index in [1.807, 2.05) is 48.7 Å². The Kier molecular flexibility index (Phi) is 7.60. The third-order valence-corrected chi connectivity index (χ3v) is 8.10. The first kappa shape index (κ1) is 28.0. The average molecular weight is 595 g/mol. The number of hydrogen-bond donors (Lipinski definition) is 0. The molecule has 3 aromatic carbocycles. The number of fused-ring (bicyclic) bond motifs is 1. The largest absolute Gasteiger partial charge is 0.497 e. The molecule has 5 aromatic rings. The highest BCUT2D eigenvalue weighted by Gasteiger charge is 2.33. The van der Waals surface area contributed by atoms with Gasteiger partial charge in [-0.3, -0.25) is 9.36 Å². The fraction of sp³-hybridized carbons (Fsp3) is 0.152. The van der Waals surface area contributed by atoms with Crippen LogP contribution in [0.1, 0.15) is 31.0 Å². The summed E-state index contributed by atoms with van der Waals surface area (Å²) in [5, 5.41) is 4.79. The second kappa shape index (κ2) is 11.7. The van der Waals surface area contributed by atoms with Gasteiger partial charge in [0.05, 0.1) is 41.2 Å². The van der Waals surface area contributed by atoms with Crippen LogP contribution < -0.4 is 19.6 Å². The first-order valence-electron chi connectivity index (χ1n) is 13.6. The molecular formula is C33H27FN4O4S. The van der Waals surface area contributed by atoms with Crippen LogP contribution in [0.4, 0.5) is 4.39 Å². The SMILES string of the molecule is CCOC(=O)C1=C(C)N=c2s/c(=C\c3cn(-c4ccccc4)nc3-c3ccc(F)cc3)c(=O)n2C1c1ccc(OC)cc1. The van der Waals surface area contributed by atoms with E-state index >= 15 is 0 Å². The number of nitrogens with zero attached hydrogens (tertiary/aromatic N) is 4. The summed E-state index contributed by atoms with van der Waals surface area (Å²) >= 11 is 1.23. The number of benzene rings is 3. The van der Waals surface area contributed by atoms with Crippen molar-refractivity contribution in [1.82, 2.24) is 14.3 Å². The summed E-state index contributed by atoms with van der Waals surface area (Å²) in [4.78, 5) is 32.4. The average Bonchev–Trinajstić information content (AvgIpc) is 3.58. The van der Waals surface area contributed by atoms with Gasteiger partial charge in [-0.25, -0.2) is 18.9 Å². The maximum Gasteiger partial charge on any atom is 0.338 e. The molecule has 216 valence electrons. The number of allylic oxidation sites excluding steroid dienone is 1. The third kappa shape index (κ3) is 5.32. The smallest absolute Gasteiger partial charge is 0.338 e. The van der Waals surface area contributed by atoms with E-state index < -0.39 is 12.0 Å². The number of methoxy groups -OCH3 is 1. The fourth-order valence-electron chi connectivity index (χ4n) is 5.07. The van der Waals surface area contributed by atoms with Crippen molar-refractivity contribution in [1.29, 1.82) is 0 Å². The van der Waals surface area contributed by atoms with E-state index in [0.29, 0.717) is 43.2 Å². The summed E-state index contributed by atoms with van der Waals surface area (Å²) < 4.78 is 28.1. The van der Waals surface area contributed by atoms with Crippen LogP contribution in [0, 0.1) is 5.82 Å². The zero-order valence-corrected chi connectivity index (χ0v) is 24.5. The van der Waals surface area contributed by atoms with Crippen LogP contribution >= 0.6 is 11.3 Å². The lowest BCUT2D eigenvalue weighted by molar-refractivity contribution is -0.139. The van der Waals surface area contributed by atoms with Crippen LogP contribution in [0.5, 0.6) is 5.75 Å². The first-order valence-corrected chi connectivity index (χ1v) is 14.4. The van der Waals surface area contributed by atoms with Crippen molar-refractivity contribution in [2.45, 2.75) is 19.9 Å². The van der Waals surface area contributed by atoms with Crippen molar-refractivity contribution in [3.05, 3.63) is 133 Å². The Balaban J connectivity index is 1.55. The first-order chi connectivity index (χ1) is 20.9. The van der Waals surface area contributed by atoms with Gasteiger partial charge in [-0.1, -0.05) is 41.7 Å². The van der Waals surface area contributed by atoms with Crippen molar-refractivity contribution < 1.29 is 18.7 Å². The number of halogens is 1. The zero-order valence-electron chi connectivity index (χ0n) is 23.7. The van der Waals surface area contributed by atoms with Gasteiger partial charge in [0.15, 0.2) is 4.80 Å². The standard InChI is InChI=1S/C33H27FN4O4S/c1-4-42-32(40)28-20(2)35-33-38(30(28)22-12-16-26(41-3)17-13-22)31(39)27(43-33)18-23-19-37(25-8-6-5-7-9-25)36-29(23)21-10-14-24(34)15-11-21/h5-19,30H,4H2,1-3H3/b27-18-. The number of esters is 1. The minimum Gasteiger partial charge on any atom is -0.497 e. The summed E-state index contributed by atoms with van der Waals surface area (Å²) in [6.45, 7) is 3.67. The van der Waals surface area contributed by atoms with Crippen LogP contribution in [0.2, 0.25) is 0 Å². The molecule has 0 radical (unpaired) electrons. The van der Waals surface area contributed by atoms with Gasteiger partial charge in [-0.05, 0) is 74.0 Å². The maximum atomic E-state index is 14.1. The van der Waals surface area contributed by atoms with Gasteiger partial charge in [-0.15, -0.1) is 0 Å². The quantitative estimate of drug-likeness (QED) is 0.253. The third-order valence-electron chi connectivity index (χ3n) is 7.12. The summed E-state index contributed by atoms with van der Waals surface area (Å²) in [6, 6.07) is 22.1. The molecule has 1 unspecified atom stereocenters. The Hall–Kier alpha value is -5.09. The van der Waals surface area contributed by atoms with E-state index in [2.05, 4.69) is 4.99 Å². The van der Waals surface area contributed by atoms with Crippen LogP contribution in [0.25, 0.3) is 23.0 Å². The highest BCUT2D eigenvalue weighted by molar-refractivity contribution is 7.07. The monoisotopic (exact) mass is 594 g/mol. The molecule has 43 heavy (non-hydrogen) atoms. The van der Waals surface area contributed by atoms with E-state index in [4.69, 9.17) is 14.6 Å². The molecule has 0 bridgehead atoms. The number of carbonyl (C=O) groups is 1. The molecule has 0 amide bonds. The molecule has 3 heterocycles. The van der Waals surface area contributed by atoms with Crippen LogP contribution in [0.15, 0.2) is 106 Å². The molecule has 0 saturated carbocycles. The summed E-state index contributed by atoms with van der Waals surface area (Å²) in [5.41, 5.74) is 3.98. The molecule has 10 heteroatoms. The zero-order chi connectivity index (χ0) is 30.1. The number of carbonyl (C=O) groups excluding carboxylic acids is 1. The lowest BCUT2D eigenvalue weighted by Gasteiger charge is -2.24. The van der Waals surface area contributed by atoms with Crippen LogP contribution in [-0.4, -0.2) is 34.0 Å². The molecule has 0 aliphatic carbocycles. The predicted molar refractivity (Wildman–Crippen MR) is 162 cm³/mol. The summed E-state index contributed by atoms with van der Waals surface area (Å²) in [7, 11) is 1.58. The Labute approximate surface area is 250 Å².